The van der Waals surface area contributed by atoms with Crippen molar-refractivity contribution in [1.29, 1.82) is 0 Å². The van der Waals surface area contributed by atoms with Crippen LogP contribution in [-0.4, -0.2) is 0 Å². The van der Waals surface area contributed by atoms with Crippen LogP contribution in [0, 0.1) is 11.6 Å². The molecule has 0 saturated heterocycles. The van der Waals surface area contributed by atoms with Gasteiger partial charge >= 0.3 is 0 Å². The van der Waals surface area contributed by atoms with Crippen molar-refractivity contribution in [2.75, 3.05) is 0 Å². The molecule has 0 aliphatic heterocycles. The second-order valence-corrected chi connectivity index (χ2v) is 4.44. The highest BCUT2D eigenvalue weighted by molar-refractivity contribution is 9.10. The molecule has 5 heteroatoms. The number of benzene rings is 1. The lowest BCUT2D eigenvalue weighted by Gasteiger charge is -2.18. The highest BCUT2D eigenvalue weighted by Crippen LogP contribution is 2.30. The maximum absolute atomic E-state index is 13.3. The van der Waals surface area contributed by atoms with Crippen LogP contribution in [0.1, 0.15) is 24.9 Å². The molecule has 0 aromatic heterocycles. The zero-order valence-corrected chi connectivity index (χ0v) is 10.4. The Bertz CT molecular complexity index is 407. The highest BCUT2D eigenvalue weighted by Gasteiger charge is 2.18. The summed E-state index contributed by atoms with van der Waals surface area (Å²) in [7, 11) is 0. The molecule has 1 rings (SSSR count). The molecule has 0 fully saturated rings. The molecule has 0 saturated carbocycles. The van der Waals surface area contributed by atoms with Crippen molar-refractivity contribution in [3.05, 3.63) is 46.0 Å². The molecule has 0 amide bonds. The highest BCUT2D eigenvalue weighted by atomic mass is 79.9. The van der Waals surface area contributed by atoms with Gasteiger partial charge in [0.25, 0.3) is 0 Å². The lowest BCUT2D eigenvalue weighted by Crippen LogP contribution is -2.28. The van der Waals surface area contributed by atoms with E-state index in [4.69, 9.17) is 5.84 Å². The Morgan fingerprint density at radius 3 is 2.69 bits per heavy atom. The summed E-state index contributed by atoms with van der Waals surface area (Å²) in [5, 5.41) is 0. The van der Waals surface area contributed by atoms with E-state index in [1.54, 1.807) is 0 Å². The van der Waals surface area contributed by atoms with Gasteiger partial charge in [0.15, 0.2) is 11.6 Å². The minimum Gasteiger partial charge on any atom is -0.271 e. The monoisotopic (exact) mass is 290 g/mol. The van der Waals surface area contributed by atoms with Gasteiger partial charge in [-0.2, -0.15) is 0 Å². The lowest BCUT2D eigenvalue weighted by molar-refractivity contribution is 0.491. The lowest BCUT2D eigenvalue weighted by atomic mass is 10.0. The first kappa shape index (κ1) is 13.3. The fraction of sp³-hybridized carbons (Fsp3) is 0.273. The zero-order valence-electron chi connectivity index (χ0n) is 8.86. The minimum atomic E-state index is -0.903. The van der Waals surface area contributed by atoms with Gasteiger partial charge in [-0.25, -0.2) is 8.78 Å². The van der Waals surface area contributed by atoms with E-state index in [1.165, 1.54) is 6.07 Å². The Hall–Kier alpha value is -0.780. The van der Waals surface area contributed by atoms with Crippen LogP contribution in [0.3, 0.4) is 0 Å². The van der Waals surface area contributed by atoms with Crippen molar-refractivity contribution >= 4 is 15.9 Å². The van der Waals surface area contributed by atoms with E-state index >= 15 is 0 Å². The fourth-order valence-corrected chi connectivity index (χ4v) is 2.01. The molecule has 0 aliphatic rings. The fourth-order valence-electron chi connectivity index (χ4n) is 1.42. The van der Waals surface area contributed by atoms with Gasteiger partial charge in [-0.05, 0) is 40.9 Å². The second kappa shape index (κ2) is 5.52. The topological polar surface area (TPSA) is 38.0 Å². The summed E-state index contributed by atoms with van der Waals surface area (Å²) in [6.07, 6.45) is 0.556. The van der Waals surface area contributed by atoms with Crippen molar-refractivity contribution in [2.45, 2.75) is 19.4 Å². The van der Waals surface area contributed by atoms with Crippen LogP contribution in [0.4, 0.5) is 8.78 Å². The van der Waals surface area contributed by atoms with E-state index < -0.39 is 11.6 Å². The van der Waals surface area contributed by atoms with E-state index in [0.717, 1.165) is 11.6 Å². The molecule has 0 heterocycles. The summed E-state index contributed by atoms with van der Waals surface area (Å²) in [4.78, 5) is 0. The third kappa shape index (κ3) is 2.87. The van der Waals surface area contributed by atoms with E-state index in [0.29, 0.717) is 12.0 Å². The standard InChI is InChI=1S/C11H13BrF2N2/c1-6(2)5-9(16-15)7-3-4-8(13)11(14)10(7)12/h3-4,9,16H,1,5,15H2,2H3. The summed E-state index contributed by atoms with van der Waals surface area (Å²) in [5.41, 5.74) is 4.03. The molecule has 0 aliphatic carbocycles. The van der Waals surface area contributed by atoms with Crippen LogP contribution in [0.15, 0.2) is 28.8 Å². The molecular weight excluding hydrogens is 278 g/mol. The molecule has 2 nitrogen and oxygen atoms in total. The van der Waals surface area contributed by atoms with Crippen LogP contribution in [0.5, 0.6) is 0 Å². The van der Waals surface area contributed by atoms with Crippen molar-refractivity contribution in [1.82, 2.24) is 5.43 Å². The minimum absolute atomic E-state index is 0.0942. The summed E-state index contributed by atoms with van der Waals surface area (Å²) in [5.74, 6) is 3.59. The molecule has 3 N–H and O–H groups in total. The van der Waals surface area contributed by atoms with Crippen molar-refractivity contribution in [3.63, 3.8) is 0 Å². The number of nitrogens with two attached hydrogens (primary N) is 1. The average Bonchev–Trinajstić information content (AvgIpc) is 2.23. The summed E-state index contributed by atoms with van der Waals surface area (Å²) < 4.78 is 26.3. The predicted molar refractivity (Wildman–Crippen MR) is 63.6 cm³/mol. The molecule has 0 spiro atoms. The number of hydrogen-bond acceptors (Lipinski definition) is 2. The Morgan fingerprint density at radius 2 is 2.19 bits per heavy atom. The van der Waals surface area contributed by atoms with E-state index in [2.05, 4.69) is 27.9 Å². The van der Waals surface area contributed by atoms with E-state index in [1.807, 2.05) is 6.92 Å². The maximum Gasteiger partial charge on any atom is 0.173 e. The third-order valence-electron chi connectivity index (χ3n) is 2.19. The van der Waals surface area contributed by atoms with Gasteiger partial charge < -0.3 is 0 Å². The quantitative estimate of drug-likeness (QED) is 0.387. The molecular formula is C11H13BrF2N2. The van der Waals surface area contributed by atoms with Gasteiger partial charge in [0.05, 0.1) is 10.5 Å². The van der Waals surface area contributed by atoms with Crippen LogP contribution in [0.2, 0.25) is 0 Å². The smallest absolute Gasteiger partial charge is 0.173 e. The third-order valence-corrected chi connectivity index (χ3v) is 3.00. The first-order valence-electron chi connectivity index (χ1n) is 4.71. The molecule has 88 valence electrons. The number of nitrogens with one attached hydrogen (secondary N) is 1. The molecule has 1 aromatic rings. The summed E-state index contributed by atoms with van der Waals surface area (Å²) in [6.45, 7) is 5.60. The molecule has 0 radical (unpaired) electrons. The molecule has 0 bridgehead atoms. The summed E-state index contributed by atoms with van der Waals surface area (Å²) in [6, 6.07) is 2.29. The normalized spacial score (nSPS) is 12.6. The Balaban J connectivity index is 3.11. The van der Waals surface area contributed by atoms with Crippen LogP contribution in [-0.2, 0) is 0 Å². The van der Waals surface area contributed by atoms with Gasteiger partial charge in [0.1, 0.15) is 0 Å². The molecule has 1 unspecified atom stereocenters. The molecule has 1 aromatic carbocycles. The van der Waals surface area contributed by atoms with Crippen LogP contribution >= 0.6 is 15.9 Å². The Morgan fingerprint density at radius 1 is 1.56 bits per heavy atom. The Kier molecular flexibility index (Phi) is 4.58. The van der Waals surface area contributed by atoms with Crippen molar-refractivity contribution in [2.24, 2.45) is 5.84 Å². The van der Waals surface area contributed by atoms with Crippen LogP contribution < -0.4 is 11.3 Å². The van der Waals surface area contributed by atoms with Crippen molar-refractivity contribution in [3.8, 4) is 0 Å². The van der Waals surface area contributed by atoms with Gasteiger partial charge in [0, 0.05) is 0 Å². The molecule has 16 heavy (non-hydrogen) atoms. The van der Waals surface area contributed by atoms with Gasteiger partial charge in [-0.1, -0.05) is 11.6 Å². The first-order valence-corrected chi connectivity index (χ1v) is 5.50. The zero-order chi connectivity index (χ0) is 12.3. The number of hydrogen-bond donors (Lipinski definition) is 2. The van der Waals surface area contributed by atoms with E-state index in [9.17, 15) is 8.78 Å². The first-order chi connectivity index (χ1) is 7.47. The largest absolute Gasteiger partial charge is 0.271 e. The Labute approximate surface area is 102 Å². The average molecular weight is 291 g/mol. The molecule has 1 atom stereocenters. The van der Waals surface area contributed by atoms with Gasteiger partial charge in [0.2, 0.25) is 0 Å². The van der Waals surface area contributed by atoms with Crippen molar-refractivity contribution < 1.29 is 8.78 Å². The summed E-state index contributed by atoms with van der Waals surface area (Å²) >= 11 is 3.02. The number of halogens is 3. The SMILES string of the molecule is C=C(C)CC(NN)c1ccc(F)c(F)c1Br. The number of rotatable bonds is 4. The second-order valence-electron chi connectivity index (χ2n) is 3.65. The predicted octanol–water partition coefficient (Wildman–Crippen LogP) is 3.20. The maximum atomic E-state index is 13.3. The van der Waals surface area contributed by atoms with Gasteiger partial charge in [-0.3, -0.25) is 11.3 Å². The number of hydrazine groups is 1. The van der Waals surface area contributed by atoms with Gasteiger partial charge in [-0.15, -0.1) is 6.58 Å². The van der Waals surface area contributed by atoms with Crippen LogP contribution in [0.25, 0.3) is 0 Å². The van der Waals surface area contributed by atoms with E-state index in [-0.39, 0.29) is 10.5 Å².